The van der Waals surface area contributed by atoms with Crippen LogP contribution in [0.2, 0.25) is 0 Å². The Labute approximate surface area is 338 Å². The summed E-state index contributed by atoms with van der Waals surface area (Å²) in [6.45, 7) is 7.58. The van der Waals surface area contributed by atoms with Gasteiger partial charge in [0, 0.05) is 16.7 Å². The van der Waals surface area contributed by atoms with Gasteiger partial charge in [0.2, 0.25) is 0 Å². The largest absolute Gasteiger partial charge is 0.496 e. The highest BCUT2D eigenvalue weighted by Gasteiger charge is 2.25. The van der Waals surface area contributed by atoms with E-state index in [-0.39, 0.29) is 28.2 Å². The number of benzene rings is 6. The quantitative estimate of drug-likeness (QED) is 0.0635. The van der Waals surface area contributed by atoms with E-state index >= 15 is 0 Å². The van der Waals surface area contributed by atoms with Gasteiger partial charge in [-0.1, -0.05) is 24.3 Å². The molecule has 0 amide bonds. The molecule has 0 radical (unpaired) electrons. The third-order valence-corrected chi connectivity index (χ3v) is 11.6. The molecular formula is C45H42O11S2. The molecule has 0 aromatic heterocycles. The van der Waals surface area contributed by atoms with Crippen LogP contribution in [0.25, 0.3) is 22.3 Å². The van der Waals surface area contributed by atoms with Crippen molar-refractivity contribution in [1.29, 1.82) is 0 Å². The molecule has 11 nitrogen and oxygen atoms in total. The molecule has 6 aromatic carbocycles. The molecule has 1 N–H and O–H groups in total. The van der Waals surface area contributed by atoms with E-state index in [0.717, 1.165) is 69.2 Å². The molecule has 6 rings (SSSR count). The van der Waals surface area contributed by atoms with Crippen LogP contribution in [-0.2, 0) is 30.2 Å². The molecule has 13 heteroatoms. The van der Waals surface area contributed by atoms with E-state index in [4.69, 9.17) is 23.1 Å². The van der Waals surface area contributed by atoms with Crippen LogP contribution in [0.15, 0.2) is 114 Å². The van der Waals surface area contributed by atoms with Crippen molar-refractivity contribution in [2.45, 2.75) is 38.3 Å². The van der Waals surface area contributed by atoms with Gasteiger partial charge in [0.1, 0.15) is 45.1 Å². The van der Waals surface area contributed by atoms with E-state index in [9.17, 15) is 26.2 Å². The summed E-state index contributed by atoms with van der Waals surface area (Å²) in [5, 5.41) is 0. The lowest BCUT2D eigenvalue weighted by molar-refractivity contribution is 0.103. The number of ether oxygens (including phenoxy) is 4. The topological polar surface area (TPSA) is 152 Å². The number of hydrogen-bond acceptors (Lipinski definition) is 10. The third kappa shape index (κ3) is 9.24. The van der Waals surface area contributed by atoms with Crippen molar-refractivity contribution in [3.63, 3.8) is 0 Å². The predicted molar refractivity (Wildman–Crippen MR) is 222 cm³/mol. The Kier molecular flexibility index (Phi) is 12.1. The van der Waals surface area contributed by atoms with Crippen LogP contribution in [0.3, 0.4) is 0 Å². The van der Waals surface area contributed by atoms with E-state index in [1.54, 1.807) is 26.4 Å². The maximum Gasteiger partial charge on any atom is 0.300 e. The summed E-state index contributed by atoms with van der Waals surface area (Å²) >= 11 is 0. The van der Waals surface area contributed by atoms with Crippen molar-refractivity contribution in [1.82, 2.24) is 0 Å². The number of carbonyl (C=O) groups excluding carboxylic acids is 1. The van der Waals surface area contributed by atoms with Crippen molar-refractivity contribution in [2.24, 2.45) is 0 Å². The summed E-state index contributed by atoms with van der Waals surface area (Å²) in [5.41, 5.74) is 7.16. The van der Waals surface area contributed by atoms with Gasteiger partial charge in [-0.15, -0.1) is 0 Å². The van der Waals surface area contributed by atoms with Crippen molar-refractivity contribution in [3.8, 4) is 56.8 Å². The summed E-state index contributed by atoms with van der Waals surface area (Å²) in [4.78, 5) is 13.5. The van der Waals surface area contributed by atoms with Gasteiger partial charge in [0.15, 0.2) is 5.78 Å². The Morgan fingerprint density at radius 2 is 0.879 bits per heavy atom. The molecule has 58 heavy (non-hydrogen) atoms. The minimum Gasteiger partial charge on any atom is -0.496 e. The van der Waals surface area contributed by atoms with Gasteiger partial charge in [0.05, 0.1) is 21.3 Å². The summed E-state index contributed by atoms with van der Waals surface area (Å²) in [6, 6.07) is 30.8. The van der Waals surface area contributed by atoms with Crippen molar-refractivity contribution in [3.05, 3.63) is 148 Å². The molecule has 0 atom stereocenters. The van der Waals surface area contributed by atoms with Crippen LogP contribution in [-0.4, -0.2) is 48.5 Å². The minimum absolute atomic E-state index is 0.0102. The molecule has 0 saturated carbocycles. The van der Waals surface area contributed by atoms with E-state index in [0.29, 0.717) is 11.5 Å². The molecule has 0 fully saturated rings. The lowest BCUT2D eigenvalue weighted by Crippen LogP contribution is -2.10. The van der Waals surface area contributed by atoms with Crippen LogP contribution in [0.1, 0.15) is 43.7 Å². The molecule has 0 bridgehead atoms. The van der Waals surface area contributed by atoms with Gasteiger partial charge in [-0.25, -0.2) is 0 Å². The standard InChI is InChI=1S/C45H42O11S2/c1-27-20-31(8-14-38(27)52-5)33-10-16-40(29(3)22-33)55-42-18-12-35(24-37(42)26-57(47,48)49)45(46)36-13-19-43(44(25-36)58(50,51)54-7)56-41-17-11-34(23-30(41)4)32-9-15-39(53-6)28(2)21-32/h8-25H,26H2,1-7H3,(H,47,48,49). The van der Waals surface area contributed by atoms with Gasteiger partial charge in [-0.05, 0) is 157 Å². The first kappa shape index (κ1) is 41.6. The maximum atomic E-state index is 13.9. The monoisotopic (exact) mass is 822 g/mol. The smallest absolute Gasteiger partial charge is 0.300 e. The number of ketones is 1. The minimum atomic E-state index is -4.57. The Hall–Kier alpha value is -5.99. The zero-order chi connectivity index (χ0) is 41.9. The molecule has 0 spiro atoms. The van der Waals surface area contributed by atoms with Gasteiger partial charge >= 0.3 is 0 Å². The van der Waals surface area contributed by atoms with E-state index in [2.05, 4.69) is 0 Å². The van der Waals surface area contributed by atoms with Gasteiger partial charge < -0.3 is 18.9 Å². The summed E-state index contributed by atoms with van der Waals surface area (Å²) in [5.74, 6) is 0.892. The number of hydrogen-bond donors (Lipinski definition) is 1. The Morgan fingerprint density at radius 3 is 1.28 bits per heavy atom. The third-order valence-electron chi connectivity index (χ3n) is 9.60. The second kappa shape index (κ2) is 16.9. The zero-order valence-corrected chi connectivity index (χ0v) is 34.6. The molecule has 0 unspecified atom stereocenters. The molecule has 0 saturated heterocycles. The van der Waals surface area contributed by atoms with Crippen molar-refractivity contribution in [2.75, 3.05) is 21.3 Å². The average molecular weight is 823 g/mol. The highest BCUT2D eigenvalue weighted by atomic mass is 32.2. The number of aryl methyl sites for hydroxylation is 4. The molecule has 300 valence electrons. The molecule has 0 heterocycles. The molecule has 0 aliphatic heterocycles. The highest BCUT2D eigenvalue weighted by molar-refractivity contribution is 7.86. The van der Waals surface area contributed by atoms with Gasteiger partial charge in [-0.2, -0.15) is 16.8 Å². The van der Waals surface area contributed by atoms with E-state index < -0.39 is 36.7 Å². The fourth-order valence-corrected chi connectivity index (χ4v) is 7.98. The number of carbonyl (C=O) groups is 1. The SMILES string of the molecule is COc1ccc(-c2ccc(Oc3ccc(C(=O)c4ccc(Oc5ccc(-c6ccc(OC)c(C)c6)cc5C)c(S(=O)(=O)OC)c4)cc3CS(=O)(=O)O)c(C)c2)cc1C. The van der Waals surface area contributed by atoms with E-state index in [1.165, 1.54) is 30.3 Å². The second-order valence-corrected chi connectivity index (χ2v) is 16.8. The first-order valence-electron chi connectivity index (χ1n) is 17.9. The Balaban J connectivity index is 1.29. The lowest BCUT2D eigenvalue weighted by Gasteiger charge is -2.16. The summed E-state index contributed by atoms with van der Waals surface area (Å²) in [6.07, 6.45) is 0. The van der Waals surface area contributed by atoms with Crippen LogP contribution in [0.4, 0.5) is 0 Å². The molecule has 0 aliphatic rings. The second-order valence-electron chi connectivity index (χ2n) is 13.7. The van der Waals surface area contributed by atoms with Gasteiger partial charge in [-0.3, -0.25) is 13.5 Å². The maximum absolute atomic E-state index is 13.9. The van der Waals surface area contributed by atoms with Crippen LogP contribution < -0.4 is 18.9 Å². The first-order chi connectivity index (χ1) is 27.5. The molecule has 0 aliphatic carbocycles. The van der Waals surface area contributed by atoms with Crippen molar-refractivity contribution < 1.29 is 49.3 Å². The first-order valence-corrected chi connectivity index (χ1v) is 21.0. The van der Waals surface area contributed by atoms with Crippen LogP contribution >= 0.6 is 0 Å². The van der Waals surface area contributed by atoms with Crippen LogP contribution in [0, 0.1) is 27.7 Å². The van der Waals surface area contributed by atoms with Crippen LogP contribution in [0.5, 0.6) is 34.5 Å². The highest BCUT2D eigenvalue weighted by Crippen LogP contribution is 2.37. The fraction of sp³-hybridized carbons (Fsp3) is 0.178. The molecule has 6 aromatic rings. The summed E-state index contributed by atoms with van der Waals surface area (Å²) < 4.78 is 88.3. The van der Waals surface area contributed by atoms with Crippen molar-refractivity contribution >= 4 is 26.0 Å². The average Bonchev–Trinajstić information content (AvgIpc) is 3.19. The normalized spacial score (nSPS) is 11.6. The predicted octanol–water partition coefficient (Wildman–Crippen LogP) is 9.81. The Morgan fingerprint density at radius 1 is 0.500 bits per heavy atom. The van der Waals surface area contributed by atoms with Gasteiger partial charge in [0.25, 0.3) is 20.2 Å². The molecular weight excluding hydrogens is 781 g/mol. The summed E-state index contributed by atoms with van der Waals surface area (Å²) in [7, 11) is -4.74. The number of methoxy groups -OCH3 is 2. The Bertz CT molecular complexity index is 2770. The lowest BCUT2D eigenvalue weighted by atomic mass is 10.00. The van der Waals surface area contributed by atoms with E-state index in [1.807, 2.05) is 88.4 Å². The number of rotatable bonds is 14. The fourth-order valence-electron chi connectivity index (χ4n) is 6.55. The zero-order valence-electron chi connectivity index (χ0n) is 32.9.